The Morgan fingerprint density at radius 2 is 1.82 bits per heavy atom. The van der Waals surface area contributed by atoms with Crippen molar-refractivity contribution >= 4 is 5.97 Å². The van der Waals surface area contributed by atoms with Crippen LogP contribution in [0.1, 0.15) is 23.4 Å². The first-order valence-corrected chi connectivity index (χ1v) is 7.03. The van der Waals surface area contributed by atoms with Crippen LogP contribution in [0.25, 0.3) is 0 Å². The highest BCUT2D eigenvalue weighted by Crippen LogP contribution is 2.37. The van der Waals surface area contributed by atoms with Crippen LogP contribution in [-0.2, 0) is 9.53 Å². The van der Waals surface area contributed by atoms with E-state index in [2.05, 4.69) is 5.32 Å². The molecule has 5 nitrogen and oxygen atoms in total. The van der Waals surface area contributed by atoms with Gasteiger partial charge in [-0.3, -0.25) is 5.32 Å². The van der Waals surface area contributed by atoms with Gasteiger partial charge in [0.2, 0.25) is 0 Å². The number of benzene rings is 2. The van der Waals surface area contributed by atoms with Crippen LogP contribution in [-0.4, -0.2) is 24.3 Å². The lowest BCUT2D eigenvalue weighted by Gasteiger charge is -2.15. The standard InChI is InChI=1S/C17H17NO4/c1-21-13-10-6-5-9-12(13)16-18-14(15(22-16)17(19)20)11-7-3-2-4-8-11/h2-10,14-16,18H,1H3,(H,19,20). The molecule has 0 saturated carbocycles. The summed E-state index contributed by atoms with van der Waals surface area (Å²) in [6, 6.07) is 16.5. The summed E-state index contributed by atoms with van der Waals surface area (Å²) in [5, 5.41) is 12.7. The van der Waals surface area contributed by atoms with Crippen LogP contribution in [0.4, 0.5) is 0 Å². The summed E-state index contributed by atoms with van der Waals surface area (Å²) in [7, 11) is 1.58. The number of carboxylic acids is 1. The molecule has 0 aliphatic carbocycles. The van der Waals surface area contributed by atoms with Crippen molar-refractivity contribution in [1.29, 1.82) is 0 Å². The van der Waals surface area contributed by atoms with Gasteiger partial charge in [0.05, 0.1) is 13.2 Å². The summed E-state index contributed by atoms with van der Waals surface area (Å²) in [6.07, 6.45) is -1.47. The lowest BCUT2D eigenvalue weighted by atomic mass is 10.0. The van der Waals surface area contributed by atoms with Gasteiger partial charge in [-0.25, -0.2) is 4.79 Å². The Morgan fingerprint density at radius 1 is 1.14 bits per heavy atom. The van der Waals surface area contributed by atoms with Gasteiger partial charge < -0.3 is 14.6 Å². The summed E-state index contributed by atoms with van der Waals surface area (Å²) in [5.74, 6) is -0.323. The first kappa shape index (κ1) is 14.6. The molecule has 0 spiro atoms. The van der Waals surface area contributed by atoms with Crippen molar-refractivity contribution in [1.82, 2.24) is 5.32 Å². The molecule has 3 unspecified atom stereocenters. The molecule has 22 heavy (non-hydrogen) atoms. The van der Waals surface area contributed by atoms with Crippen LogP contribution in [0.3, 0.4) is 0 Å². The van der Waals surface area contributed by atoms with Crippen molar-refractivity contribution in [2.24, 2.45) is 0 Å². The van der Waals surface area contributed by atoms with Crippen LogP contribution in [0.2, 0.25) is 0 Å². The fourth-order valence-electron chi connectivity index (χ4n) is 2.69. The Kier molecular flexibility index (Phi) is 4.09. The van der Waals surface area contributed by atoms with Crippen molar-refractivity contribution in [2.45, 2.75) is 18.4 Å². The molecule has 2 N–H and O–H groups in total. The third-order valence-electron chi connectivity index (χ3n) is 3.74. The lowest BCUT2D eigenvalue weighted by Crippen LogP contribution is -2.28. The Balaban J connectivity index is 1.92. The first-order valence-electron chi connectivity index (χ1n) is 7.03. The molecule has 0 radical (unpaired) electrons. The molecule has 1 aliphatic heterocycles. The van der Waals surface area contributed by atoms with Crippen LogP contribution in [0, 0.1) is 0 Å². The number of hydrogen-bond donors (Lipinski definition) is 2. The lowest BCUT2D eigenvalue weighted by molar-refractivity contribution is -0.150. The molecule has 1 heterocycles. The van der Waals surface area contributed by atoms with Crippen LogP contribution in [0.15, 0.2) is 54.6 Å². The zero-order valence-electron chi connectivity index (χ0n) is 12.1. The molecule has 2 aromatic carbocycles. The highest BCUT2D eigenvalue weighted by molar-refractivity contribution is 5.74. The van der Waals surface area contributed by atoms with Crippen molar-refractivity contribution < 1.29 is 19.4 Å². The monoisotopic (exact) mass is 299 g/mol. The molecular formula is C17H17NO4. The van der Waals surface area contributed by atoms with E-state index in [1.165, 1.54) is 0 Å². The molecule has 3 rings (SSSR count). The highest BCUT2D eigenvalue weighted by atomic mass is 16.5. The van der Waals surface area contributed by atoms with Crippen molar-refractivity contribution in [3.63, 3.8) is 0 Å². The van der Waals surface area contributed by atoms with Gasteiger partial charge >= 0.3 is 5.97 Å². The zero-order chi connectivity index (χ0) is 15.5. The predicted octanol–water partition coefficient (Wildman–Crippen LogP) is 2.51. The summed E-state index contributed by atoms with van der Waals surface area (Å²) < 4.78 is 11.1. The van der Waals surface area contributed by atoms with E-state index in [9.17, 15) is 9.90 Å². The predicted molar refractivity (Wildman–Crippen MR) is 80.6 cm³/mol. The SMILES string of the molecule is COc1ccccc1C1NC(c2ccccc2)C(C(=O)O)O1. The molecule has 1 fully saturated rings. The number of carbonyl (C=O) groups is 1. The van der Waals surface area contributed by atoms with Gasteiger partial charge in [-0.1, -0.05) is 48.5 Å². The minimum Gasteiger partial charge on any atom is -0.496 e. The number of rotatable bonds is 4. The molecule has 1 saturated heterocycles. The smallest absolute Gasteiger partial charge is 0.334 e. The van der Waals surface area contributed by atoms with Crippen molar-refractivity contribution in [3.05, 3.63) is 65.7 Å². The third kappa shape index (κ3) is 2.68. The molecule has 114 valence electrons. The van der Waals surface area contributed by atoms with Gasteiger partial charge in [-0.15, -0.1) is 0 Å². The number of para-hydroxylation sites is 1. The van der Waals surface area contributed by atoms with Crippen molar-refractivity contribution in [2.75, 3.05) is 7.11 Å². The van der Waals surface area contributed by atoms with E-state index >= 15 is 0 Å². The first-order chi connectivity index (χ1) is 10.7. The van der Waals surface area contributed by atoms with E-state index in [1.807, 2.05) is 54.6 Å². The maximum atomic E-state index is 11.5. The second-order valence-electron chi connectivity index (χ2n) is 5.07. The topological polar surface area (TPSA) is 67.8 Å². The summed E-state index contributed by atoms with van der Waals surface area (Å²) >= 11 is 0. The van der Waals surface area contributed by atoms with Crippen LogP contribution >= 0.6 is 0 Å². The Bertz CT molecular complexity index is 659. The quantitative estimate of drug-likeness (QED) is 0.908. The normalized spacial score (nSPS) is 24.1. The Labute approximate surface area is 128 Å². The zero-order valence-corrected chi connectivity index (χ0v) is 12.1. The fraction of sp³-hybridized carbons (Fsp3) is 0.235. The average molecular weight is 299 g/mol. The second kappa shape index (κ2) is 6.17. The second-order valence-corrected chi connectivity index (χ2v) is 5.07. The number of hydrogen-bond acceptors (Lipinski definition) is 4. The van der Waals surface area contributed by atoms with Gasteiger partial charge in [0, 0.05) is 5.56 Å². The fourth-order valence-corrected chi connectivity index (χ4v) is 2.69. The summed E-state index contributed by atoms with van der Waals surface area (Å²) in [5.41, 5.74) is 1.67. The molecule has 0 bridgehead atoms. The number of methoxy groups -OCH3 is 1. The number of aliphatic carboxylic acids is 1. The maximum absolute atomic E-state index is 11.5. The van der Waals surface area contributed by atoms with Crippen molar-refractivity contribution in [3.8, 4) is 5.75 Å². The van der Waals surface area contributed by atoms with Gasteiger partial charge in [0.1, 0.15) is 12.0 Å². The van der Waals surface area contributed by atoms with E-state index in [0.717, 1.165) is 11.1 Å². The van der Waals surface area contributed by atoms with Gasteiger partial charge in [-0.2, -0.15) is 0 Å². The summed E-state index contributed by atoms with van der Waals surface area (Å²) in [6.45, 7) is 0. The van der Waals surface area contributed by atoms with Crippen LogP contribution in [0.5, 0.6) is 5.75 Å². The Morgan fingerprint density at radius 3 is 2.50 bits per heavy atom. The minimum absolute atomic E-state index is 0.409. The van der Waals surface area contributed by atoms with Gasteiger partial charge in [-0.05, 0) is 11.6 Å². The molecule has 1 aliphatic rings. The van der Waals surface area contributed by atoms with Gasteiger partial charge in [0.25, 0.3) is 0 Å². The van der Waals surface area contributed by atoms with Crippen LogP contribution < -0.4 is 10.1 Å². The van der Waals surface area contributed by atoms with E-state index in [4.69, 9.17) is 9.47 Å². The number of nitrogens with one attached hydrogen (secondary N) is 1. The highest BCUT2D eigenvalue weighted by Gasteiger charge is 2.41. The van der Waals surface area contributed by atoms with E-state index < -0.39 is 24.3 Å². The van der Waals surface area contributed by atoms with E-state index in [-0.39, 0.29) is 0 Å². The molecule has 5 heteroatoms. The molecule has 0 aromatic heterocycles. The minimum atomic E-state index is -0.987. The Hall–Kier alpha value is -2.37. The number of carboxylic acid groups (broad SMARTS) is 1. The molecule has 2 aromatic rings. The van der Waals surface area contributed by atoms with Gasteiger partial charge in [0.15, 0.2) is 6.10 Å². The van der Waals surface area contributed by atoms with E-state index in [0.29, 0.717) is 5.75 Å². The average Bonchev–Trinajstić information content (AvgIpc) is 3.01. The maximum Gasteiger partial charge on any atom is 0.334 e. The molecule has 0 amide bonds. The van der Waals surface area contributed by atoms with E-state index in [1.54, 1.807) is 7.11 Å². The number of ether oxygens (including phenoxy) is 2. The largest absolute Gasteiger partial charge is 0.496 e. The summed E-state index contributed by atoms with van der Waals surface area (Å²) in [4.78, 5) is 11.5. The molecule has 3 atom stereocenters. The third-order valence-corrected chi connectivity index (χ3v) is 3.74. The molecular weight excluding hydrogens is 282 g/mol.